The van der Waals surface area contributed by atoms with Gasteiger partial charge in [-0.1, -0.05) is 0 Å². The summed E-state index contributed by atoms with van der Waals surface area (Å²) in [5.41, 5.74) is -0.682. The molecule has 2 unspecified atom stereocenters. The Morgan fingerprint density at radius 1 is 0.727 bits per heavy atom. The topological polar surface area (TPSA) is 202 Å². The molecular formula is C16H14N6O9S2. The molecule has 2 amide bonds. The van der Waals surface area contributed by atoms with Crippen LogP contribution < -0.4 is 10.6 Å². The average molecular weight is 498 g/mol. The molecule has 0 spiro atoms. The van der Waals surface area contributed by atoms with E-state index in [0.717, 1.165) is 57.1 Å². The number of nitro benzene ring substituents is 2. The SMILES string of the molecule is O=C1NC2C(N1)N(S(=O)(=O)c1ccc([N+](=O)[O-])cc1)CN2S(=O)(=O)c1ccc([N+](=O)[O-])cc1. The second-order valence-electron chi connectivity index (χ2n) is 6.94. The van der Waals surface area contributed by atoms with Crippen LogP contribution in [-0.2, 0) is 20.0 Å². The maximum atomic E-state index is 13.2. The van der Waals surface area contributed by atoms with Crippen molar-refractivity contribution >= 4 is 37.5 Å². The molecule has 0 bridgehead atoms. The zero-order valence-corrected chi connectivity index (χ0v) is 17.9. The number of hydrogen-bond acceptors (Lipinski definition) is 9. The van der Waals surface area contributed by atoms with E-state index < -0.39 is 54.9 Å². The van der Waals surface area contributed by atoms with E-state index in [4.69, 9.17) is 0 Å². The third kappa shape index (κ3) is 3.75. The van der Waals surface area contributed by atoms with E-state index in [0.29, 0.717) is 0 Å². The zero-order valence-electron chi connectivity index (χ0n) is 16.3. The minimum Gasteiger partial charge on any atom is -0.318 e. The molecule has 0 aliphatic carbocycles. The van der Waals surface area contributed by atoms with Crippen LogP contribution in [0.4, 0.5) is 16.2 Å². The highest BCUT2D eigenvalue weighted by molar-refractivity contribution is 7.90. The van der Waals surface area contributed by atoms with Gasteiger partial charge in [0.1, 0.15) is 12.3 Å². The zero-order chi connectivity index (χ0) is 24.1. The number of nitro groups is 2. The summed E-state index contributed by atoms with van der Waals surface area (Å²) in [6, 6.07) is 7.13. The Kier molecular flexibility index (Phi) is 5.27. The molecule has 15 nitrogen and oxygen atoms in total. The van der Waals surface area contributed by atoms with Crippen LogP contribution in [0.5, 0.6) is 0 Å². The summed E-state index contributed by atoms with van der Waals surface area (Å²) in [4.78, 5) is 31.5. The molecule has 2 aliphatic heterocycles. The Morgan fingerprint density at radius 3 is 1.36 bits per heavy atom. The fourth-order valence-electron chi connectivity index (χ4n) is 3.44. The molecule has 2 N–H and O–H groups in total. The van der Waals surface area contributed by atoms with Gasteiger partial charge < -0.3 is 10.6 Å². The van der Waals surface area contributed by atoms with E-state index in [1.54, 1.807) is 0 Å². The van der Waals surface area contributed by atoms with Gasteiger partial charge in [0.15, 0.2) is 0 Å². The molecule has 2 aromatic rings. The van der Waals surface area contributed by atoms with Crippen molar-refractivity contribution in [2.24, 2.45) is 0 Å². The maximum absolute atomic E-state index is 13.2. The van der Waals surface area contributed by atoms with Crippen molar-refractivity contribution in [3.8, 4) is 0 Å². The number of sulfonamides is 2. The fraction of sp³-hybridized carbons (Fsp3) is 0.188. The number of nitrogens with zero attached hydrogens (tertiary/aromatic N) is 4. The van der Waals surface area contributed by atoms with Gasteiger partial charge in [0.25, 0.3) is 11.4 Å². The predicted molar refractivity (Wildman–Crippen MR) is 108 cm³/mol. The van der Waals surface area contributed by atoms with Gasteiger partial charge in [0.05, 0.1) is 26.3 Å². The monoisotopic (exact) mass is 498 g/mol. The molecule has 2 aromatic carbocycles. The minimum atomic E-state index is -4.39. The van der Waals surface area contributed by atoms with Gasteiger partial charge in [0.2, 0.25) is 20.0 Å². The number of carbonyl (C=O) groups excluding carboxylic acids is 1. The number of fused-ring (bicyclic) bond motifs is 1. The Labute approximate surface area is 186 Å². The normalized spacial score (nSPS) is 21.3. The summed E-state index contributed by atoms with van der Waals surface area (Å²) in [7, 11) is -8.78. The molecule has 0 aromatic heterocycles. The summed E-state index contributed by atoms with van der Waals surface area (Å²) in [6.45, 7) is -0.693. The molecule has 2 atom stereocenters. The minimum absolute atomic E-state index is 0.341. The number of benzene rings is 2. The van der Waals surface area contributed by atoms with E-state index in [1.807, 2.05) is 0 Å². The van der Waals surface area contributed by atoms with Crippen LogP contribution in [0.1, 0.15) is 0 Å². The van der Waals surface area contributed by atoms with E-state index >= 15 is 0 Å². The third-order valence-corrected chi connectivity index (χ3v) is 8.72. The molecule has 4 rings (SSSR count). The average Bonchev–Trinajstić information content (AvgIpc) is 3.31. The van der Waals surface area contributed by atoms with Gasteiger partial charge in [-0.05, 0) is 24.3 Å². The Morgan fingerprint density at radius 2 is 1.06 bits per heavy atom. The first-order valence-corrected chi connectivity index (χ1v) is 11.9. The van der Waals surface area contributed by atoms with Crippen LogP contribution >= 0.6 is 0 Å². The van der Waals surface area contributed by atoms with Crippen LogP contribution in [0, 0.1) is 20.2 Å². The summed E-state index contributed by atoms with van der Waals surface area (Å²) in [5.74, 6) is 0. The number of nitrogens with one attached hydrogen (secondary N) is 2. The first-order chi connectivity index (χ1) is 15.4. The van der Waals surface area contributed by atoms with E-state index in [2.05, 4.69) is 10.6 Å². The highest BCUT2D eigenvalue weighted by Gasteiger charge is 2.55. The van der Waals surface area contributed by atoms with E-state index in [-0.39, 0.29) is 21.2 Å². The van der Waals surface area contributed by atoms with Crippen molar-refractivity contribution in [1.29, 1.82) is 0 Å². The number of rotatable bonds is 6. The number of urea groups is 1. The lowest BCUT2D eigenvalue weighted by Crippen LogP contribution is -2.46. The van der Waals surface area contributed by atoms with Crippen LogP contribution in [0.25, 0.3) is 0 Å². The van der Waals surface area contributed by atoms with Crippen LogP contribution in [0.2, 0.25) is 0 Å². The molecule has 2 aliphatic rings. The van der Waals surface area contributed by atoms with Gasteiger partial charge in [-0.15, -0.1) is 0 Å². The lowest BCUT2D eigenvalue weighted by atomic mass is 10.3. The molecule has 2 saturated heterocycles. The van der Waals surface area contributed by atoms with Crippen molar-refractivity contribution < 1.29 is 31.5 Å². The van der Waals surface area contributed by atoms with E-state index in [1.165, 1.54) is 0 Å². The highest BCUT2D eigenvalue weighted by atomic mass is 32.2. The second kappa shape index (κ2) is 7.73. The van der Waals surface area contributed by atoms with Gasteiger partial charge in [-0.25, -0.2) is 21.6 Å². The molecular weight excluding hydrogens is 484 g/mol. The van der Waals surface area contributed by atoms with Crippen LogP contribution in [-0.4, -0.2) is 60.3 Å². The lowest BCUT2D eigenvalue weighted by Gasteiger charge is -2.21. The first kappa shape index (κ1) is 22.5. The highest BCUT2D eigenvalue weighted by Crippen LogP contribution is 2.33. The Bertz CT molecular complexity index is 1260. The molecule has 2 heterocycles. The second-order valence-corrected chi connectivity index (χ2v) is 10.7. The van der Waals surface area contributed by atoms with Crippen molar-refractivity contribution in [2.45, 2.75) is 22.1 Å². The summed E-state index contributed by atoms with van der Waals surface area (Å²) >= 11 is 0. The summed E-state index contributed by atoms with van der Waals surface area (Å²) in [6.07, 6.45) is -2.60. The molecule has 2 fully saturated rings. The van der Waals surface area contributed by atoms with Gasteiger partial charge in [-0.3, -0.25) is 20.2 Å². The molecule has 33 heavy (non-hydrogen) atoms. The van der Waals surface area contributed by atoms with Crippen molar-refractivity contribution in [3.05, 3.63) is 68.8 Å². The molecule has 17 heteroatoms. The summed E-state index contributed by atoms with van der Waals surface area (Å²) < 4.78 is 54.2. The molecule has 174 valence electrons. The summed E-state index contributed by atoms with van der Waals surface area (Å²) in [5, 5.41) is 26.3. The maximum Gasteiger partial charge on any atom is 0.317 e. The Hall–Kier alpha value is -3.67. The number of non-ortho nitro benzene ring substituents is 2. The van der Waals surface area contributed by atoms with Crippen molar-refractivity contribution in [1.82, 2.24) is 19.2 Å². The van der Waals surface area contributed by atoms with Gasteiger partial charge in [-0.2, -0.15) is 8.61 Å². The van der Waals surface area contributed by atoms with Crippen LogP contribution in [0.15, 0.2) is 58.3 Å². The van der Waals surface area contributed by atoms with Crippen molar-refractivity contribution in [2.75, 3.05) is 6.67 Å². The third-order valence-electron chi connectivity index (χ3n) is 5.06. The number of amides is 2. The van der Waals surface area contributed by atoms with E-state index in [9.17, 15) is 41.9 Å². The van der Waals surface area contributed by atoms with Gasteiger partial charge in [0, 0.05) is 24.3 Å². The lowest BCUT2D eigenvalue weighted by molar-refractivity contribution is -0.385. The van der Waals surface area contributed by atoms with Crippen LogP contribution in [0.3, 0.4) is 0 Å². The standard InChI is InChI=1S/C16H14N6O9S2/c23-16-17-14-15(18-16)20(33(30,31)13-7-3-11(4-8-13)22(26)27)9-19(14)32(28,29)12-5-1-10(2-6-12)21(24)25/h1-8,14-15H,9H2,(H2,17,18,23). The Balaban J connectivity index is 1.70. The van der Waals surface area contributed by atoms with Gasteiger partial charge >= 0.3 is 6.03 Å². The molecule has 0 radical (unpaired) electrons. The molecule has 0 saturated carbocycles. The largest absolute Gasteiger partial charge is 0.318 e. The predicted octanol–water partition coefficient (Wildman–Crippen LogP) is 0.121. The smallest absolute Gasteiger partial charge is 0.317 e. The van der Waals surface area contributed by atoms with Crippen molar-refractivity contribution in [3.63, 3.8) is 0 Å². The number of carbonyl (C=O) groups is 1. The quantitative estimate of drug-likeness (QED) is 0.409. The number of hydrogen-bond donors (Lipinski definition) is 2. The fourth-order valence-corrected chi connectivity index (χ4v) is 6.50. The first-order valence-electron chi connectivity index (χ1n) is 9.02.